The molecule has 0 unspecified atom stereocenters. The molecule has 6 nitrogen and oxygen atoms in total. The van der Waals surface area contributed by atoms with Gasteiger partial charge >= 0.3 is 0 Å². The van der Waals surface area contributed by atoms with E-state index in [1.165, 1.54) is 0 Å². The number of hydrogen-bond acceptors (Lipinski definition) is 4. The lowest BCUT2D eigenvalue weighted by molar-refractivity contribution is 0.729. The Bertz CT molecular complexity index is 986. The van der Waals surface area contributed by atoms with Gasteiger partial charge in [0.15, 0.2) is 5.65 Å². The van der Waals surface area contributed by atoms with E-state index in [0.717, 1.165) is 34.7 Å². The molecule has 0 saturated carbocycles. The number of aromatic nitrogens is 5. The monoisotopic (exact) mass is 332 g/mol. The van der Waals surface area contributed by atoms with Crippen molar-refractivity contribution < 1.29 is 0 Å². The molecule has 0 spiro atoms. The molecule has 1 atom stereocenters. The third-order valence-corrected chi connectivity index (χ3v) is 4.29. The summed E-state index contributed by atoms with van der Waals surface area (Å²) in [5.74, 6) is 0.921. The van der Waals surface area contributed by atoms with Crippen LogP contribution in [0.5, 0.6) is 0 Å². The number of benzene rings is 1. The van der Waals surface area contributed by atoms with Gasteiger partial charge in [-0.05, 0) is 6.42 Å². The van der Waals surface area contributed by atoms with Crippen LogP contribution < -0.4 is 5.32 Å². The zero-order valence-corrected chi connectivity index (χ0v) is 14.3. The van der Waals surface area contributed by atoms with Gasteiger partial charge in [0.1, 0.15) is 5.82 Å². The van der Waals surface area contributed by atoms with Crippen molar-refractivity contribution in [2.45, 2.75) is 19.4 Å². The average Bonchev–Trinajstić information content (AvgIpc) is 3.29. The van der Waals surface area contributed by atoms with E-state index in [1.807, 2.05) is 59.0 Å². The number of hydrogen-bond donors (Lipinski definition) is 1. The van der Waals surface area contributed by atoms with Gasteiger partial charge in [0.05, 0.1) is 24.1 Å². The maximum Gasteiger partial charge on any atom is 0.157 e. The molecule has 3 aromatic heterocycles. The fourth-order valence-corrected chi connectivity index (χ4v) is 2.99. The molecule has 4 rings (SSSR count). The maximum absolute atomic E-state index is 4.72. The van der Waals surface area contributed by atoms with Gasteiger partial charge in [-0.25, -0.2) is 4.98 Å². The van der Waals surface area contributed by atoms with Crippen molar-refractivity contribution in [1.29, 1.82) is 0 Å². The number of fused-ring (bicyclic) bond motifs is 1. The molecule has 4 aromatic rings. The summed E-state index contributed by atoms with van der Waals surface area (Å²) in [5.41, 5.74) is 3.99. The van der Waals surface area contributed by atoms with E-state index in [-0.39, 0.29) is 6.04 Å². The molecule has 1 N–H and O–H groups in total. The minimum atomic E-state index is 0.159. The van der Waals surface area contributed by atoms with Crippen LogP contribution in [0.1, 0.15) is 24.9 Å². The standard InChI is InChI=1S/C19H20N6/c1-3-16(15-12-21-24(2)13-15)22-19-11-17(14-7-5-4-6-8-14)23-18-9-10-20-25(18)19/h4-13,16,22H,3H2,1-2H3/t16-/m0/s1. The first-order chi connectivity index (χ1) is 12.2. The summed E-state index contributed by atoms with van der Waals surface area (Å²) in [7, 11) is 1.93. The number of rotatable bonds is 5. The summed E-state index contributed by atoms with van der Waals surface area (Å²) in [4.78, 5) is 4.72. The highest BCUT2D eigenvalue weighted by molar-refractivity contribution is 5.66. The van der Waals surface area contributed by atoms with Crippen LogP contribution in [0.3, 0.4) is 0 Å². The predicted molar refractivity (Wildman–Crippen MR) is 98.3 cm³/mol. The molecule has 0 aliphatic heterocycles. The Morgan fingerprint density at radius 2 is 1.96 bits per heavy atom. The average molecular weight is 332 g/mol. The largest absolute Gasteiger partial charge is 0.363 e. The predicted octanol–water partition coefficient (Wildman–Crippen LogP) is 3.69. The van der Waals surface area contributed by atoms with Gasteiger partial charge in [-0.1, -0.05) is 37.3 Å². The van der Waals surface area contributed by atoms with Crippen molar-refractivity contribution in [2.75, 3.05) is 5.32 Å². The molecule has 0 aliphatic carbocycles. The van der Waals surface area contributed by atoms with Crippen molar-refractivity contribution in [3.05, 3.63) is 66.6 Å². The molecule has 0 fully saturated rings. The van der Waals surface area contributed by atoms with E-state index in [4.69, 9.17) is 4.98 Å². The summed E-state index contributed by atoms with van der Waals surface area (Å²) in [6.07, 6.45) is 6.66. The van der Waals surface area contributed by atoms with Crippen LogP contribution in [0.4, 0.5) is 5.82 Å². The number of nitrogens with one attached hydrogen (secondary N) is 1. The molecule has 0 aliphatic rings. The topological polar surface area (TPSA) is 60.0 Å². The third-order valence-electron chi connectivity index (χ3n) is 4.29. The van der Waals surface area contributed by atoms with Gasteiger partial charge in [0.25, 0.3) is 0 Å². The summed E-state index contributed by atoms with van der Waals surface area (Å²) in [6.45, 7) is 2.16. The molecule has 1 aromatic carbocycles. The van der Waals surface area contributed by atoms with Crippen LogP contribution in [0.2, 0.25) is 0 Å². The highest BCUT2D eigenvalue weighted by Crippen LogP contribution is 2.26. The lowest BCUT2D eigenvalue weighted by Crippen LogP contribution is -2.13. The zero-order valence-electron chi connectivity index (χ0n) is 14.3. The molecule has 25 heavy (non-hydrogen) atoms. The number of anilines is 1. The Labute approximate surface area is 146 Å². The summed E-state index contributed by atoms with van der Waals surface area (Å²) in [5, 5.41) is 12.3. The van der Waals surface area contributed by atoms with Crippen LogP contribution in [0.15, 0.2) is 61.1 Å². The van der Waals surface area contributed by atoms with Crippen LogP contribution in [0, 0.1) is 0 Å². The Morgan fingerprint density at radius 3 is 2.68 bits per heavy atom. The highest BCUT2D eigenvalue weighted by atomic mass is 15.3. The first kappa shape index (κ1) is 15.4. The Kier molecular flexibility index (Phi) is 3.93. The SMILES string of the molecule is CC[C@H](Nc1cc(-c2ccccc2)nc2ccnn12)c1cnn(C)c1. The quantitative estimate of drug-likeness (QED) is 0.605. The van der Waals surface area contributed by atoms with Gasteiger partial charge in [-0.3, -0.25) is 4.68 Å². The summed E-state index contributed by atoms with van der Waals surface area (Å²) < 4.78 is 3.66. The second kappa shape index (κ2) is 6.39. The second-order valence-corrected chi connectivity index (χ2v) is 6.05. The van der Waals surface area contributed by atoms with E-state index in [1.54, 1.807) is 6.20 Å². The normalized spacial score (nSPS) is 12.4. The number of nitrogens with zero attached hydrogens (tertiary/aromatic N) is 5. The van der Waals surface area contributed by atoms with Crippen molar-refractivity contribution in [3.8, 4) is 11.3 Å². The molecule has 126 valence electrons. The molecular formula is C19H20N6. The minimum Gasteiger partial charge on any atom is -0.363 e. The van der Waals surface area contributed by atoms with Crippen LogP contribution in [-0.4, -0.2) is 24.4 Å². The van der Waals surface area contributed by atoms with Gasteiger partial charge in [-0.15, -0.1) is 0 Å². The Morgan fingerprint density at radius 1 is 1.12 bits per heavy atom. The molecule has 6 heteroatoms. The number of aryl methyl sites for hydroxylation is 1. The summed E-state index contributed by atoms with van der Waals surface area (Å²) in [6, 6.07) is 14.3. The van der Waals surface area contributed by atoms with Gasteiger partial charge in [0.2, 0.25) is 0 Å². The first-order valence-electron chi connectivity index (χ1n) is 8.40. The van der Waals surface area contributed by atoms with Crippen molar-refractivity contribution in [1.82, 2.24) is 24.4 Å². The smallest absolute Gasteiger partial charge is 0.157 e. The third kappa shape index (κ3) is 2.98. The van der Waals surface area contributed by atoms with E-state index < -0.39 is 0 Å². The first-order valence-corrected chi connectivity index (χ1v) is 8.40. The van der Waals surface area contributed by atoms with E-state index >= 15 is 0 Å². The van der Waals surface area contributed by atoms with Crippen LogP contribution in [-0.2, 0) is 7.05 Å². The van der Waals surface area contributed by atoms with Gasteiger partial charge in [0, 0.05) is 36.5 Å². The summed E-state index contributed by atoms with van der Waals surface area (Å²) >= 11 is 0. The Balaban J connectivity index is 1.76. The van der Waals surface area contributed by atoms with Crippen molar-refractivity contribution in [3.63, 3.8) is 0 Å². The van der Waals surface area contributed by atoms with E-state index in [0.29, 0.717) is 0 Å². The van der Waals surface area contributed by atoms with Crippen molar-refractivity contribution in [2.24, 2.45) is 7.05 Å². The van der Waals surface area contributed by atoms with Crippen LogP contribution >= 0.6 is 0 Å². The molecule has 0 saturated heterocycles. The molecule has 0 amide bonds. The minimum absolute atomic E-state index is 0.159. The molecule has 0 radical (unpaired) electrons. The zero-order chi connectivity index (χ0) is 17.2. The maximum atomic E-state index is 4.72. The second-order valence-electron chi connectivity index (χ2n) is 6.05. The van der Waals surface area contributed by atoms with Gasteiger partial charge < -0.3 is 5.32 Å². The van der Waals surface area contributed by atoms with E-state index in [2.05, 4.69) is 34.6 Å². The highest BCUT2D eigenvalue weighted by Gasteiger charge is 2.15. The lowest BCUT2D eigenvalue weighted by atomic mass is 10.1. The molecule has 3 heterocycles. The van der Waals surface area contributed by atoms with Gasteiger partial charge in [-0.2, -0.15) is 14.7 Å². The Hall–Kier alpha value is -3.15. The fourth-order valence-electron chi connectivity index (χ4n) is 2.99. The van der Waals surface area contributed by atoms with Crippen LogP contribution in [0.25, 0.3) is 16.9 Å². The fraction of sp³-hybridized carbons (Fsp3) is 0.211. The molecular weight excluding hydrogens is 312 g/mol. The van der Waals surface area contributed by atoms with Crippen molar-refractivity contribution >= 4 is 11.5 Å². The lowest BCUT2D eigenvalue weighted by Gasteiger charge is -2.18. The molecule has 0 bridgehead atoms. The van der Waals surface area contributed by atoms with E-state index in [9.17, 15) is 0 Å².